The summed E-state index contributed by atoms with van der Waals surface area (Å²) < 4.78 is 25.5. The first kappa shape index (κ1) is 13.8. The Kier molecular flexibility index (Phi) is 4.24. The van der Waals surface area contributed by atoms with E-state index < -0.39 is 10.0 Å². The van der Waals surface area contributed by atoms with Crippen LogP contribution in [-0.2, 0) is 10.0 Å². The Morgan fingerprint density at radius 2 is 2.00 bits per heavy atom. The van der Waals surface area contributed by atoms with Crippen molar-refractivity contribution in [3.8, 4) is 0 Å². The van der Waals surface area contributed by atoms with Gasteiger partial charge in [0, 0.05) is 31.6 Å². The van der Waals surface area contributed by atoms with E-state index >= 15 is 0 Å². The van der Waals surface area contributed by atoms with Crippen LogP contribution in [0.2, 0.25) is 0 Å². The van der Waals surface area contributed by atoms with Gasteiger partial charge in [0.1, 0.15) is 0 Å². The summed E-state index contributed by atoms with van der Waals surface area (Å²) in [6.45, 7) is 6.47. The molecule has 0 aromatic carbocycles. The molecule has 0 saturated carbocycles. The lowest BCUT2D eigenvalue weighted by molar-refractivity contribution is 0.384. The van der Waals surface area contributed by atoms with Crippen LogP contribution in [0.25, 0.3) is 0 Å². The molecule has 0 amide bonds. The maximum atomic E-state index is 11.9. The van der Waals surface area contributed by atoms with Crippen LogP contribution in [0.5, 0.6) is 0 Å². The van der Waals surface area contributed by atoms with E-state index in [2.05, 4.69) is 9.88 Å². The molecule has 0 aliphatic carbocycles. The molecule has 1 aromatic heterocycles. The zero-order valence-electron chi connectivity index (χ0n) is 10.8. The molecule has 1 aliphatic rings. The van der Waals surface area contributed by atoms with Gasteiger partial charge in [-0.05, 0) is 13.3 Å². The zero-order valence-corrected chi connectivity index (χ0v) is 12.4. The van der Waals surface area contributed by atoms with Crippen molar-refractivity contribution in [1.82, 2.24) is 9.29 Å². The first-order chi connectivity index (χ1) is 8.53. The Balaban J connectivity index is 1.96. The summed E-state index contributed by atoms with van der Waals surface area (Å²) in [7, 11) is -3.04. The predicted octanol–water partition coefficient (Wildman–Crippen LogP) is 1.31. The summed E-state index contributed by atoms with van der Waals surface area (Å²) in [5.41, 5.74) is 1.02. The number of hydrogen-bond acceptors (Lipinski definition) is 5. The Morgan fingerprint density at radius 3 is 2.50 bits per heavy atom. The first-order valence-corrected chi connectivity index (χ1v) is 8.66. The molecule has 1 saturated heterocycles. The monoisotopic (exact) mass is 289 g/mol. The van der Waals surface area contributed by atoms with Gasteiger partial charge in [-0.3, -0.25) is 0 Å². The largest absolute Gasteiger partial charge is 0.345 e. The third kappa shape index (κ3) is 3.02. The van der Waals surface area contributed by atoms with Crippen LogP contribution in [0.4, 0.5) is 5.13 Å². The minimum Gasteiger partial charge on any atom is -0.345 e. The summed E-state index contributed by atoms with van der Waals surface area (Å²) in [4.78, 5) is 6.60. The molecule has 0 bridgehead atoms. The summed E-state index contributed by atoms with van der Waals surface area (Å²) >= 11 is 1.62. The van der Waals surface area contributed by atoms with Crippen molar-refractivity contribution in [3.63, 3.8) is 0 Å². The van der Waals surface area contributed by atoms with E-state index in [9.17, 15) is 8.42 Å². The Labute approximate surface area is 112 Å². The van der Waals surface area contributed by atoms with Crippen molar-refractivity contribution in [2.45, 2.75) is 20.3 Å². The molecule has 0 radical (unpaired) electrons. The molecule has 0 spiro atoms. The Hall–Kier alpha value is -0.660. The van der Waals surface area contributed by atoms with Crippen molar-refractivity contribution in [2.24, 2.45) is 0 Å². The van der Waals surface area contributed by atoms with Gasteiger partial charge in [-0.25, -0.2) is 13.4 Å². The summed E-state index contributed by atoms with van der Waals surface area (Å²) in [6, 6.07) is 0. The second-order valence-electron chi connectivity index (χ2n) is 4.47. The molecule has 5 nitrogen and oxygen atoms in total. The highest BCUT2D eigenvalue weighted by atomic mass is 32.2. The normalized spacial score (nSPS) is 18.2. The molecule has 2 rings (SSSR count). The first-order valence-electron chi connectivity index (χ1n) is 6.18. The standard InChI is InChI=1S/C11H19N3O2S2/c1-3-8-18(15,16)14-6-4-13(5-7-14)11-12-10(2)9-17-11/h9H,3-8H2,1-2H3. The molecule has 102 valence electrons. The van der Waals surface area contributed by atoms with Gasteiger partial charge in [-0.2, -0.15) is 4.31 Å². The van der Waals surface area contributed by atoms with Gasteiger partial charge in [0.25, 0.3) is 0 Å². The van der Waals surface area contributed by atoms with Gasteiger partial charge >= 0.3 is 0 Å². The molecular formula is C11H19N3O2S2. The van der Waals surface area contributed by atoms with E-state index in [1.54, 1.807) is 15.6 Å². The topological polar surface area (TPSA) is 53.5 Å². The summed E-state index contributed by atoms with van der Waals surface area (Å²) in [6.07, 6.45) is 0.675. The van der Waals surface area contributed by atoms with Crippen LogP contribution >= 0.6 is 11.3 Å². The lowest BCUT2D eigenvalue weighted by Gasteiger charge is -2.33. The van der Waals surface area contributed by atoms with Crippen LogP contribution in [0.3, 0.4) is 0 Å². The minimum absolute atomic E-state index is 0.253. The molecule has 0 unspecified atom stereocenters. The third-order valence-corrected chi connectivity index (χ3v) is 6.07. The third-order valence-electron chi connectivity index (χ3n) is 2.97. The fraction of sp³-hybridized carbons (Fsp3) is 0.727. The molecule has 1 aliphatic heterocycles. The highest BCUT2D eigenvalue weighted by Crippen LogP contribution is 2.22. The number of piperazine rings is 1. The molecule has 1 aromatic rings. The number of anilines is 1. The minimum atomic E-state index is -3.04. The maximum Gasteiger partial charge on any atom is 0.214 e. The van der Waals surface area contributed by atoms with E-state index in [1.165, 1.54) is 0 Å². The van der Waals surface area contributed by atoms with Gasteiger partial charge < -0.3 is 4.90 Å². The zero-order chi connectivity index (χ0) is 13.2. The van der Waals surface area contributed by atoms with Crippen molar-refractivity contribution >= 4 is 26.5 Å². The van der Waals surface area contributed by atoms with Crippen LogP contribution in [-0.4, -0.2) is 49.6 Å². The SMILES string of the molecule is CCCS(=O)(=O)N1CCN(c2nc(C)cs2)CC1. The van der Waals surface area contributed by atoms with Crippen molar-refractivity contribution in [1.29, 1.82) is 0 Å². The molecule has 18 heavy (non-hydrogen) atoms. The van der Waals surface area contributed by atoms with Crippen molar-refractivity contribution in [2.75, 3.05) is 36.8 Å². The molecule has 2 heterocycles. The summed E-state index contributed by atoms with van der Waals surface area (Å²) in [5.74, 6) is 0.253. The van der Waals surface area contributed by atoms with Crippen LogP contribution in [0, 0.1) is 6.92 Å². The molecule has 0 atom stereocenters. The van der Waals surface area contributed by atoms with E-state index in [4.69, 9.17) is 0 Å². The lowest BCUT2D eigenvalue weighted by atomic mass is 10.4. The van der Waals surface area contributed by atoms with Gasteiger partial charge in [-0.1, -0.05) is 6.92 Å². The van der Waals surface area contributed by atoms with Crippen LogP contribution in [0.1, 0.15) is 19.0 Å². The number of rotatable bonds is 4. The number of nitrogens with zero attached hydrogens (tertiary/aromatic N) is 3. The Bertz CT molecular complexity index is 490. The van der Waals surface area contributed by atoms with Crippen LogP contribution < -0.4 is 4.90 Å². The van der Waals surface area contributed by atoms with Crippen LogP contribution in [0.15, 0.2) is 5.38 Å². The molecule has 0 N–H and O–H groups in total. The highest BCUT2D eigenvalue weighted by molar-refractivity contribution is 7.89. The predicted molar refractivity (Wildman–Crippen MR) is 74.7 cm³/mol. The summed E-state index contributed by atoms with van der Waals surface area (Å²) in [5, 5.41) is 3.02. The quantitative estimate of drug-likeness (QED) is 0.839. The van der Waals surface area contributed by atoms with E-state index in [1.807, 2.05) is 19.2 Å². The number of thiazole rings is 1. The smallest absolute Gasteiger partial charge is 0.214 e. The van der Waals surface area contributed by atoms with E-state index in [-0.39, 0.29) is 5.75 Å². The highest BCUT2D eigenvalue weighted by Gasteiger charge is 2.26. The average Bonchev–Trinajstić information content (AvgIpc) is 2.76. The van der Waals surface area contributed by atoms with Crippen molar-refractivity contribution < 1.29 is 8.42 Å². The number of aromatic nitrogens is 1. The second-order valence-corrected chi connectivity index (χ2v) is 7.40. The number of aryl methyl sites for hydroxylation is 1. The van der Waals surface area contributed by atoms with Gasteiger partial charge in [0.15, 0.2) is 5.13 Å². The van der Waals surface area contributed by atoms with E-state index in [0.717, 1.165) is 23.9 Å². The van der Waals surface area contributed by atoms with Gasteiger partial charge in [-0.15, -0.1) is 11.3 Å². The molecular weight excluding hydrogens is 270 g/mol. The van der Waals surface area contributed by atoms with Gasteiger partial charge in [0.2, 0.25) is 10.0 Å². The average molecular weight is 289 g/mol. The van der Waals surface area contributed by atoms with E-state index in [0.29, 0.717) is 19.5 Å². The number of sulfonamides is 1. The molecule has 1 fully saturated rings. The number of hydrogen-bond donors (Lipinski definition) is 0. The van der Waals surface area contributed by atoms with Crippen molar-refractivity contribution in [3.05, 3.63) is 11.1 Å². The fourth-order valence-corrected chi connectivity index (χ4v) is 4.38. The second kappa shape index (κ2) is 5.54. The fourth-order valence-electron chi connectivity index (χ4n) is 2.03. The Morgan fingerprint density at radius 1 is 1.33 bits per heavy atom. The van der Waals surface area contributed by atoms with Gasteiger partial charge in [0.05, 0.1) is 11.4 Å². The molecule has 7 heteroatoms. The maximum absolute atomic E-state index is 11.9. The lowest BCUT2D eigenvalue weighted by Crippen LogP contribution is -2.49.